The number of hydrogen-bond acceptors (Lipinski definition) is 4. The van der Waals surface area contributed by atoms with E-state index in [0.717, 1.165) is 33.0 Å². The van der Waals surface area contributed by atoms with Crippen molar-refractivity contribution in [2.24, 2.45) is 0 Å². The van der Waals surface area contributed by atoms with E-state index in [9.17, 15) is 9.59 Å². The van der Waals surface area contributed by atoms with E-state index in [2.05, 4.69) is 22.8 Å². The van der Waals surface area contributed by atoms with Gasteiger partial charge < -0.3 is 10.6 Å². The lowest BCUT2D eigenvalue weighted by Gasteiger charge is -2.10. The summed E-state index contributed by atoms with van der Waals surface area (Å²) in [6.45, 7) is 0.993. The highest BCUT2D eigenvalue weighted by Gasteiger charge is 2.17. The van der Waals surface area contributed by atoms with Crippen LogP contribution in [0, 0.1) is 0 Å². The molecule has 0 saturated heterocycles. The lowest BCUT2D eigenvalue weighted by atomic mass is 10.1. The Morgan fingerprint density at radius 1 is 1.03 bits per heavy atom. The summed E-state index contributed by atoms with van der Waals surface area (Å²) in [5.41, 5.74) is 5.16. The van der Waals surface area contributed by atoms with Crippen molar-refractivity contribution in [2.45, 2.75) is 24.4 Å². The maximum atomic E-state index is 13.0. The van der Waals surface area contributed by atoms with Crippen molar-refractivity contribution in [3.63, 3.8) is 0 Å². The molecule has 0 radical (unpaired) electrons. The predicted molar refractivity (Wildman–Crippen MR) is 135 cm³/mol. The summed E-state index contributed by atoms with van der Waals surface area (Å²) in [4.78, 5) is 25.9. The molecule has 4 aromatic rings. The minimum Gasteiger partial charge on any atom is -0.348 e. The van der Waals surface area contributed by atoms with Crippen LogP contribution < -0.4 is 10.6 Å². The summed E-state index contributed by atoms with van der Waals surface area (Å²) >= 11 is 1.62. The van der Waals surface area contributed by atoms with Crippen LogP contribution in [0.25, 0.3) is 11.3 Å². The number of hydrogen-bond donors (Lipinski definition) is 2. The molecule has 7 heteroatoms. The first-order valence-electron chi connectivity index (χ1n) is 11.2. The van der Waals surface area contributed by atoms with Crippen LogP contribution in [-0.4, -0.2) is 27.3 Å². The van der Waals surface area contributed by atoms with Crippen molar-refractivity contribution >= 4 is 29.3 Å². The number of amides is 2. The quantitative estimate of drug-likeness (QED) is 0.419. The number of thioether (sulfide) groups is 1. The minimum atomic E-state index is -0.193. The fourth-order valence-electron chi connectivity index (χ4n) is 3.92. The molecule has 0 spiro atoms. The van der Waals surface area contributed by atoms with E-state index in [4.69, 9.17) is 5.10 Å². The lowest BCUT2D eigenvalue weighted by Crippen LogP contribution is -2.23. The van der Waals surface area contributed by atoms with Gasteiger partial charge in [0.05, 0.1) is 17.9 Å². The number of carbonyl (C=O) groups excluding carboxylic acids is 2. The van der Waals surface area contributed by atoms with Crippen LogP contribution in [0.2, 0.25) is 0 Å². The van der Waals surface area contributed by atoms with E-state index in [1.54, 1.807) is 23.9 Å². The topological polar surface area (TPSA) is 76.0 Å². The van der Waals surface area contributed by atoms with Crippen molar-refractivity contribution in [3.05, 3.63) is 102 Å². The van der Waals surface area contributed by atoms with E-state index in [-0.39, 0.29) is 11.8 Å². The van der Waals surface area contributed by atoms with E-state index >= 15 is 0 Å². The fraction of sp³-hybridized carbons (Fsp3) is 0.148. The molecule has 0 saturated carbocycles. The van der Waals surface area contributed by atoms with E-state index in [1.807, 2.05) is 65.5 Å². The Bertz CT molecular complexity index is 1320. The Labute approximate surface area is 202 Å². The van der Waals surface area contributed by atoms with Crippen LogP contribution in [0.4, 0.5) is 5.69 Å². The van der Waals surface area contributed by atoms with Gasteiger partial charge in [0.2, 0.25) is 5.91 Å². The van der Waals surface area contributed by atoms with Crippen molar-refractivity contribution < 1.29 is 9.59 Å². The third-order valence-electron chi connectivity index (χ3n) is 5.61. The molecule has 34 heavy (non-hydrogen) atoms. The molecule has 6 nitrogen and oxygen atoms in total. The number of nitrogens with one attached hydrogen (secondary N) is 2. The Kier molecular flexibility index (Phi) is 6.44. The first-order valence-corrected chi connectivity index (χ1v) is 12.1. The second kappa shape index (κ2) is 9.97. The van der Waals surface area contributed by atoms with E-state index < -0.39 is 0 Å². The first-order chi connectivity index (χ1) is 16.7. The molecular formula is C27H24N4O2S. The SMILES string of the molecule is O=C1CCSc2ccc(C(=O)NCc3cn(Cc4ccccc4)nc3-c3ccccc3)cc2N1. The fourth-order valence-corrected chi connectivity index (χ4v) is 4.86. The van der Waals surface area contributed by atoms with Crippen LogP contribution >= 0.6 is 11.8 Å². The maximum absolute atomic E-state index is 13.0. The first kappa shape index (κ1) is 22.0. The minimum absolute atomic E-state index is 0.0258. The third-order valence-corrected chi connectivity index (χ3v) is 6.69. The molecule has 5 rings (SSSR count). The molecule has 3 aromatic carbocycles. The highest BCUT2D eigenvalue weighted by Crippen LogP contribution is 2.31. The summed E-state index contributed by atoms with van der Waals surface area (Å²) in [5, 5.41) is 10.7. The van der Waals surface area contributed by atoms with Gasteiger partial charge in [0.15, 0.2) is 0 Å². The van der Waals surface area contributed by atoms with Crippen molar-refractivity contribution in [3.8, 4) is 11.3 Å². The normalized spacial score (nSPS) is 13.0. The zero-order chi connectivity index (χ0) is 23.3. The van der Waals surface area contributed by atoms with Crippen molar-refractivity contribution in [2.75, 3.05) is 11.1 Å². The Balaban J connectivity index is 1.36. The van der Waals surface area contributed by atoms with Gasteiger partial charge in [-0.2, -0.15) is 5.10 Å². The lowest BCUT2D eigenvalue weighted by molar-refractivity contribution is -0.115. The van der Waals surface area contributed by atoms with Crippen LogP contribution in [-0.2, 0) is 17.9 Å². The van der Waals surface area contributed by atoms with E-state index in [1.165, 1.54) is 0 Å². The van der Waals surface area contributed by atoms with Crippen molar-refractivity contribution in [1.29, 1.82) is 0 Å². The molecule has 1 aromatic heterocycles. The van der Waals surface area contributed by atoms with Crippen molar-refractivity contribution in [1.82, 2.24) is 15.1 Å². The summed E-state index contributed by atoms with van der Waals surface area (Å²) in [5.74, 6) is 0.517. The molecular weight excluding hydrogens is 444 g/mol. The number of carbonyl (C=O) groups is 2. The average Bonchev–Trinajstić information content (AvgIpc) is 3.16. The van der Waals surface area contributed by atoms with Gasteiger partial charge in [-0.15, -0.1) is 11.8 Å². The second-order valence-electron chi connectivity index (χ2n) is 8.09. The van der Waals surface area contributed by atoms with Crippen LogP contribution in [0.15, 0.2) is 90.0 Å². The van der Waals surface area contributed by atoms with Gasteiger partial charge in [0, 0.05) is 46.5 Å². The van der Waals surface area contributed by atoms with Gasteiger partial charge in [0.25, 0.3) is 5.91 Å². The highest BCUT2D eigenvalue weighted by molar-refractivity contribution is 7.99. The number of benzene rings is 3. The van der Waals surface area contributed by atoms with Crippen LogP contribution in [0.1, 0.15) is 27.9 Å². The molecule has 0 atom stereocenters. The molecule has 1 aliphatic rings. The highest BCUT2D eigenvalue weighted by atomic mass is 32.2. The zero-order valence-corrected chi connectivity index (χ0v) is 19.3. The Morgan fingerprint density at radius 2 is 1.79 bits per heavy atom. The molecule has 1 aliphatic heterocycles. The van der Waals surface area contributed by atoms with Gasteiger partial charge >= 0.3 is 0 Å². The molecule has 2 amide bonds. The number of anilines is 1. The predicted octanol–water partition coefficient (Wildman–Crippen LogP) is 4.96. The average molecular weight is 469 g/mol. The van der Waals surface area contributed by atoms with Crippen LogP contribution in [0.5, 0.6) is 0 Å². The van der Waals surface area contributed by atoms with Crippen LogP contribution in [0.3, 0.4) is 0 Å². The summed E-state index contributed by atoms with van der Waals surface area (Å²) in [7, 11) is 0. The molecule has 2 N–H and O–H groups in total. The molecule has 170 valence electrons. The summed E-state index contributed by atoms with van der Waals surface area (Å²) in [6.07, 6.45) is 2.46. The molecule has 2 heterocycles. The second-order valence-corrected chi connectivity index (χ2v) is 9.23. The molecule has 0 aliphatic carbocycles. The monoisotopic (exact) mass is 468 g/mol. The maximum Gasteiger partial charge on any atom is 0.251 e. The van der Waals surface area contributed by atoms with Gasteiger partial charge in [0.1, 0.15) is 0 Å². The Morgan fingerprint density at radius 3 is 2.59 bits per heavy atom. The number of aromatic nitrogens is 2. The largest absolute Gasteiger partial charge is 0.348 e. The third kappa shape index (κ3) is 5.05. The number of rotatable bonds is 6. The zero-order valence-electron chi connectivity index (χ0n) is 18.5. The number of nitrogens with zero attached hydrogens (tertiary/aromatic N) is 2. The standard InChI is InChI=1S/C27H24N4O2S/c32-25-13-14-34-24-12-11-21(15-23(24)29-25)27(33)28-16-22-18-31(17-19-7-3-1-4-8-19)30-26(22)20-9-5-2-6-10-20/h1-12,15,18H,13-14,16-17H2,(H,28,33)(H,29,32). The summed E-state index contributed by atoms with van der Waals surface area (Å²) in [6, 6.07) is 25.6. The molecule has 0 bridgehead atoms. The van der Waals surface area contributed by atoms with Gasteiger partial charge in [-0.25, -0.2) is 0 Å². The Hall–Kier alpha value is -3.84. The molecule has 0 fully saturated rings. The van der Waals surface area contributed by atoms with Gasteiger partial charge in [-0.05, 0) is 23.8 Å². The van der Waals surface area contributed by atoms with Gasteiger partial charge in [-0.1, -0.05) is 60.7 Å². The summed E-state index contributed by atoms with van der Waals surface area (Å²) < 4.78 is 1.91. The van der Waals surface area contributed by atoms with Gasteiger partial charge in [-0.3, -0.25) is 14.3 Å². The smallest absolute Gasteiger partial charge is 0.251 e. The number of fused-ring (bicyclic) bond motifs is 1. The molecule has 0 unspecified atom stereocenters. The van der Waals surface area contributed by atoms with E-state index in [0.29, 0.717) is 30.8 Å².